The number of aromatic nitrogens is 1. The highest BCUT2D eigenvalue weighted by atomic mass is 16.6. The molecule has 1 atom stereocenters. The Bertz CT molecular complexity index is 971. The molecule has 0 radical (unpaired) electrons. The molecule has 2 aromatic rings. The maximum Gasteiger partial charge on any atom is 0.408 e. The number of carbonyl (C=O) groups is 3. The van der Waals surface area contributed by atoms with Crippen molar-refractivity contribution in [3.8, 4) is 5.75 Å². The van der Waals surface area contributed by atoms with Crippen molar-refractivity contribution in [2.24, 2.45) is 0 Å². The second kappa shape index (κ2) is 13.3. The summed E-state index contributed by atoms with van der Waals surface area (Å²) in [4.78, 5) is 41.1. The van der Waals surface area contributed by atoms with Crippen LogP contribution in [0.15, 0.2) is 42.6 Å². The van der Waals surface area contributed by atoms with Crippen molar-refractivity contribution in [1.29, 1.82) is 0 Å². The van der Waals surface area contributed by atoms with Gasteiger partial charge in [-0.2, -0.15) is 0 Å². The predicted octanol–water partition coefficient (Wildman–Crippen LogP) is 3.13. The van der Waals surface area contributed by atoms with Gasteiger partial charge in [-0.1, -0.05) is 25.5 Å². The van der Waals surface area contributed by atoms with Crippen molar-refractivity contribution < 1.29 is 29.1 Å². The summed E-state index contributed by atoms with van der Waals surface area (Å²) < 4.78 is 10.9. The molecule has 4 N–H and O–H groups in total. The number of hydrogen-bond donors (Lipinski definition) is 4. The fraction of sp³-hybridized carbons (Fsp3) is 0.440. The number of ether oxygens (including phenoxy) is 2. The van der Waals surface area contributed by atoms with Gasteiger partial charge in [0.2, 0.25) is 5.91 Å². The average Bonchev–Trinajstić information content (AvgIpc) is 2.82. The third-order valence-corrected chi connectivity index (χ3v) is 4.77. The van der Waals surface area contributed by atoms with Gasteiger partial charge in [0.15, 0.2) is 0 Å². The molecule has 35 heavy (non-hydrogen) atoms. The first-order valence-electron chi connectivity index (χ1n) is 11.5. The van der Waals surface area contributed by atoms with E-state index in [-0.39, 0.29) is 18.5 Å². The zero-order chi connectivity index (χ0) is 25.8. The first-order chi connectivity index (χ1) is 16.6. The van der Waals surface area contributed by atoms with E-state index < -0.39 is 29.6 Å². The van der Waals surface area contributed by atoms with Gasteiger partial charge in [0, 0.05) is 24.2 Å². The molecule has 0 spiro atoms. The quantitative estimate of drug-likeness (QED) is 0.217. The van der Waals surface area contributed by atoms with E-state index in [2.05, 4.69) is 22.5 Å². The lowest BCUT2D eigenvalue weighted by atomic mass is 10.1. The fourth-order valence-electron chi connectivity index (χ4n) is 2.97. The van der Waals surface area contributed by atoms with E-state index >= 15 is 0 Å². The van der Waals surface area contributed by atoms with Crippen molar-refractivity contribution in [3.05, 3.63) is 59.4 Å². The van der Waals surface area contributed by atoms with E-state index in [0.717, 1.165) is 18.4 Å². The van der Waals surface area contributed by atoms with Gasteiger partial charge in [0.1, 0.15) is 17.4 Å². The van der Waals surface area contributed by atoms with Crippen LogP contribution in [0.5, 0.6) is 5.75 Å². The van der Waals surface area contributed by atoms with Gasteiger partial charge in [-0.25, -0.2) is 10.3 Å². The predicted molar refractivity (Wildman–Crippen MR) is 129 cm³/mol. The van der Waals surface area contributed by atoms with E-state index in [4.69, 9.17) is 14.7 Å². The fourth-order valence-corrected chi connectivity index (χ4v) is 2.97. The zero-order valence-electron chi connectivity index (χ0n) is 20.6. The van der Waals surface area contributed by atoms with E-state index in [1.807, 2.05) is 0 Å². The molecule has 0 aliphatic carbocycles. The molecule has 0 saturated heterocycles. The molecule has 10 heteroatoms. The molecule has 2 rings (SSSR count). The number of alkyl carbamates (subject to hydrolysis) is 1. The number of carbonyl (C=O) groups excluding carboxylic acids is 3. The van der Waals surface area contributed by atoms with Crippen LogP contribution in [-0.4, -0.2) is 46.3 Å². The molecule has 0 aliphatic rings. The van der Waals surface area contributed by atoms with Crippen LogP contribution >= 0.6 is 0 Å². The molecule has 1 aromatic carbocycles. The van der Waals surface area contributed by atoms with Gasteiger partial charge in [-0.15, -0.1) is 0 Å². The summed E-state index contributed by atoms with van der Waals surface area (Å²) in [6.45, 7) is 8.07. The van der Waals surface area contributed by atoms with Gasteiger partial charge in [-0.3, -0.25) is 19.8 Å². The Morgan fingerprint density at radius 1 is 1.09 bits per heavy atom. The summed E-state index contributed by atoms with van der Waals surface area (Å²) in [7, 11) is 0. The van der Waals surface area contributed by atoms with Crippen LogP contribution in [0.3, 0.4) is 0 Å². The van der Waals surface area contributed by atoms with Gasteiger partial charge >= 0.3 is 6.09 Å². The number of pyridine rings is 1. The van der Waals surface area contributed by atoms with Crippen molar-refractivity contribution >= 4 is 17.9 Å². The lowest BCUT2D eigenvalue weighted by molar-refractivity contribution is -0.123. The molecule has 10 nitrogen and oxygen atoms in total. The van der Waals surface area contributed by atoms with E-state index in [0.29, 0.717) is 18.1 Å². The SMILES string of the molecule is CCCCOc1ccc(C[C@@H](NC(=O)OC(C)(C)C)C(=O)NCc2ccc(C(=O)NO)cc2)nc1. The van der Waals surface area contributed by atoms with E-state index in [1.54, 1.807) is 56.7 Å². The topological polar surface area (TPSA) is 139 Å². The third kappa shape index (κ3) is 10.0. The number of unbranched alkanes of at least 4 members (excludes halogenated alkanes) is 1. The van der Waals surface area contributed by atoms with Crippen molar-refractivity contribution in [2.75, 3.05) is 6.61 Å². The maximum atomic E-state index is 13.0. The Labute approximate surface area is 205 Å². The summed E-state index contributed by atoms with van der Waals surface area (Å²) in [5, 5.41) is 14.1. The summed E-state index contributed by atoms with van der Waals surface area (Å²) in [5.41, 5.74) is 2.46. The van der Waals surface area contributed by atoms with Crippen LogP contribution < -0.4 is 20.9 Å². The molecule has 3 amide bonds. The Balaban J connectivity index is 2.05. The van der Waals surface area contributed by atoms with Crippen molar-refractivity contribution in [1.82, 2.24) is 21.1 Å². The normalized spacial score (nSPS) is 11.8. The number of rotatable bonds is 11. The molecule has 0 aliphatic heterocycles. The molecule has 0 unspecified atom stereocenters. The molecular formula is C25H34N4O6. The molecule has 0 fully saturated rings. The molecular weight excluding hydrogens is 452 g/mol. The summed E-state index contributed by atoms with van der Waals surface area (Å²) in [5.74, 6) is -0.406. The minimum atomic E-state index is -0.927. The number of hydrogen-bond acceptors (Lipinski definition) is 7. The van der Waals surface area contributed by atoms with Crippen molar-refractivity contribution in [3.63, 3.8) is 0 Å². The number of nitrogens with zero attached hydrogens (tertiary/aromatic N) is 1. The number of benzene rings is 1. The number of hydroxylamine groups is 1. The van der Waals surface area contributed by atoms with Gasteiger partial charge < -0.3 is 20.1 Å². The maximum absolute atomic E-state index is 13.0. The largest absolute Gasteiger partial charge is 0.492 e. The number of nitrogens with one attached hydrogen (secondary N) is 3. The lowest BCUT2D eigenvalue weighted by Crippen LogP contribution is -2.49. The smallest absolute Gasteiger partial charge is 0.408 e. The highest BCUT2D eigenvalue weighted by molar-refractivity contribution is 5.93. The molecule has 1 aromatic heterocycles. The first-order valence-corrected chi connectivity index (χ1v) is 11.5. The average molecular weight is 487 g/mol. The third-order valence-electron chi connectivity index (χ3n) is 4.77. The zero-order valence-corrected chi connectivity index (χ0v) is 20.6. The van der Waals surface area contributed by atoms with Crippen molar-refractivity contribution in [2.45, 2.75) is 65.1 Å². The van der Waals surface area contributed by atoms with Crippen LogP contribution in [0, 0.1) is 0 Å². The van der Waals surface area contributed by atoms with Crippen LogP contribution in [0.1, 0.15) is 62.2 Å². The second-order valence-electron chi connectivity index (χ2n) is 8.95. The van der Waals surface area contributed by atoms with Gasteiger partial charge in [0.25, 0.3) is 5.91 Å². The van der Waals surface area contributed by atoms with E-state index in [1.165, 1.54) is 12.1 Å². The van der Waals surface area contributed by atoms with Crippen LogP contribution in [0.25, 0.3) is 0 Å². The van der Waals surface area contributed by atoms with Gasteiger partial charge in [0.05, 0.1) is 12.8 Å². The number of amides is 3. The highest BCUT2D eigenvalue weighted by Gasteiger charge is 2.25. The Morgan fingerprint density at radius 3 is 2.37 bits per heavy atom. The monoisotopic (exact) mass is 486 g/mol. The van der Waals surface area contributed by atoms with Crippen LogP contribution in [0.2, 0.25) is 0 Å². The van der Waals surface area contributed by atoms with E-state index in [9.17, 15) is 14.4 Å². The molecule has 190 valence electrons. The summed E-state index contributed by atoms with van der Waals surface area (Å²) >= 11 is 0. The minimum absolute atomic E-state index is 0.149. The van der Waals surface area contributed by atoms with Crippen LogP contribution in [-0.2, 0) is 22.5 Å². The minimum Gasteiger partial charge on any atom is -0.492 e. The Morgan fingerprint density at radius 2 is 1.80 bits per heavy atom. The first kappa shape index (κ1) is 27.6. The summed E-state index contributed by atoms with van der Waals surface area (Å²) in [6.07, 6.45) is 3.01. The van der Waals surface area contributed by atoms with Gasteiger partial charge in [-0.05, 0) is 57.0 Å². The standard InChI is InChI=1S/C25H34N4O6/c1-5-6-13-34-20-12-11-19(26-16-20)14-21(28-24(32)35-25(2,3)4)23(31)27-15-17-7-9-18(10-8-17)22(30)29-33/h7-12,16,21,33H,5-6,13-15H2,1-4H3,(H,27,31)(H,28,32)(H,29,30)/t21-/m1/s1. The van der Waals surface area contributed by atoms with Crippen LogP contribution in [0.4, 0.5) is 4.79 Å². The Hall–Kier alpha value is -3.66. The highest BCUT2D eigenvalue weighted by Crippen LogP contribution is 2.13. The molecule has 0 bridgehead atoms. The second-order valence-corrected chi connectivity index (χ2v) is 8.95. The molecule has 1 heterocycles. The Kier molecular flexibility index (Phi) is 10.5. The lowest BCUT2D eigenvalue weighted by Gasteiger charge is -2.23. The molecule has 0 saturated carbocycles. The summed E-state index contributed by atoms with van der Waals surface area (Å²) in [6, 6.07) is 8.96.